The zero-order valence-electron chi connectivity index (χ0n) is 45.1. The van der Waals surface area contributed by atoms with Crippen molar-refractivity contribution in [2.75, 3.05) is 122 Å². The number of aliphatic imine (C=N–C) groups is 1. The predicted molar refractivity (Wildman–Crippen MR) is 289 cm³/mol. The van der Waals surface area contributed by atoms with Crippen molar-refractivity contribution in [2.24, 2.45) is 4.99 Å². The van der Waals surface area contributed by atoms with Gasteiger partial charge in [-0.05, 0) is 73.1 Å². The zero-order valence-corrected chi connectivity index (χ0v) is 51.7. The molecule has 0 spiro atoms. The van der Waals surface area contributed by atoms with Crippen molar-refractivity contribution in [3.05, 3.63) is 24.3 Å². The Bertz CT molecular complexity index is 2110. The lowest BCUT2D eigenvalue weighted by atomic mass is 10.3. The van der Waals surface area contributed by atoms with E-state index in [2.05, 4.69) is 28.2 Å². The van der Waals surface area contributed by atoms with Gasteiger partial charge in [-0.15, -0.1) is 0 Å². The van der Waals surface area contributed by atoms with Crippen molar-refractivity contribution < 1.29 is 124 Å². The van der Waals surface area contributed by atoms with Gasteiger partial charge < -0.3 is 91.5 Å². The number of aliphatic hydroxyl groups excluding tert-OH is 1. The molecule has 30 nitrogen and oxygen atoms in total. The highest BCUT2D eigenvalue weighted by molar-refractivity contribution is 14.1. The lowest BCUT2D eigenvalue weighted by Gasteiger charge is -2.24. The molecule has 0 saturated carbocycles. The highest BCUT2D eigenvalue weighted by Gasteiger charge is 2.34. The number of esters is 2. The van der Waals surface area contributed by atoms with Gasteiger partial charge in [-0.3, -0.25) is 18.3 Å². The van der Waals surface area contributed by atoms with Crippen molar-refractivity contribution in [1.82, 2.24) is 16.0 Å². The van der Waals surface area contributed by atoms with E-state index in [9.17, 15) is 61.3 Å². The molecule has 8 N–H and O–H groups in total. The first-order valence-electron chi connectivity index (χ1n) is 22.9. The van der Waals surface area contributed by atoms with Gasteiger partial charge in [-0.1, -0.05) is 35.7 Å². The molecular weight excluding hydrogens is 1250 g/mol. The minimum absolute atomic E-state index is 0.0293. The number of isocyanates is 1. The summed E-state index contributed by atoms with van der Waals surface area (Å²) in [7, 11) is -21.1. The molecule has 0 saturated heterocycles. The normalized spacial score (nSPS) is 12.6. The molecule has 0 heterocycles. The van der Waals surface area contributed by atoms with Crippen molar-refractivity contribution in [2.45, 2.75) is 66.0 Å². The second-order valence-corrected chi connectivity index (χ2v) is 30.7. The van der Waals surface area contributed by atoms with E-state index in [-0.39, 0.29) is 68.9 Å². The van der Waals surface area contributed by atoms with Crippen LogP contribution in [0.1, 0.15) is 42.9 Å². The number of alkyl halides is 1. The molecule has 0 aromatic carbocycles. The lowest BCUT2D eigenvalue weighted by Crippen LogP contribution is -2.42. The van der Waals surface area contributed by atoms with Crippen LogP contribution < -0.4 is 16.0 Å². The fourth-order valence-corrected chi connectivity index (χ4v) is 12.9. The van der Waals surface area contributed by atoms with Crippen molar-refractivity contribution >= 4 is 104 Å². The lowest BCUT2D eigenvalue weighted by molar-refractivity contribution is -0.147. The predicted octanol–water partition coefficient (Wildman–Crippen LogP) is 5.28. The number of ether oxygens (including phenoxy) is 5. The van der Waals surface area contributed by atoms with Crippen LogP contribution in [0, 0.1) is 0 Å². The minimum atomic E-state index is -4.78. The maximum atomic E-state index is 12.5. The molecule has 0 radical (unpaired) electrons. The number of aliphatic hydroxyl groups is 1. The summed E-state index contributed by atoms with van der Waals surface area (Å²) < 4.78 is 121. The molecule has 0 fully saturated rings. The van der Waals surface area contributed by atoms with Gasteiger partial charge in [0.05, 0.1) is 78.1 Å². The quantitative estimate of drug-likeness (QED) is 0.00477. The van der Waals surface area contributed by atoms with E-state index < -0.39 is 132 Å². The molecular formula is C39H77IN4O26P6. The molecule has 2 unspecified atom stereocenters. The second kappa shape index (κ2) is 41.4. The Balaban J connectivity index is -0.000000544. The van der Waals surface area contributed by atoms with Crippen LogP contribution in [0.2, 0.25) is 0 Å². The third-order valence-electron chi connectivity index (χ3n) is 7.49. The summed E-state index contributed by atoms with van der Waals surface area (Å²) in [6.45, 7) is 21.4. The molecule has 0 aromatic rings. The highest BCUT2D eigenvalue weighted by atomic mass is 127. The molecule has 76 heavy (non-hydrogen) atoms. The first kappa shape index (κ1) is 77.6. The summed E-state index contributed by atoms with van der Waals surface area (Å²) in [5.41, 5.74) is 0.122. The van der Waals surface area contributed by atoms with Crippen molar-refractivity contribution in [1.29, 1.82) is 0 Å². The maximum Gasteiger partial charge on any atom is 0.409 e. The Morgan fingerprint density at radius 1 is 0.592 bits per heavy atom. The molecule has 3 amide bonds. The number of rotatable bonds is 33. The van der Waals surface area contributed by atoms with Gasteiger partial charge in [0, 0.05) is 24.8 Å². The SMILES string of the molecule is C=C(C)C(=O)OCC(COC(=O)C(=C)C)OC(=O)NCNC(=O)OC(CP(=O)(O)O)CP(=O)(O)O.CCOP(=O)(CC(CP(C)(C)=O)OC(=O)NCN=C=O)OCC.CCOP(=O)(CC(O)CP(C)(C)=O)OCC.[2H]CI. The van der Waals surface area contributed by atoms with Crippen molar-refractivity contribution in [3.8, 4) is 0 Å². The Kier molecular flexibility index (Phi) is 42.2. The number of carbonyl (C=O) groups excluding carboxylic acids is 6. The number of hydrogen-bond acceptors (Lipinski definition) is 23. The second-order valence-electron chi connectivity index (χ2n) is 16.1. The summed E-state index contributed by atoms with van der Waals surface area (Å²) in [5.74, 6) is -1.59. The van der Waals surface area contributed by atoms with E-state index in [0.717, 1.165) is 0 Å². The van der Waals surface area contributed by atoms with E-state index in [1.807, 2.05) is 33.2 Å². The molecule has 0 aliphatic carbocycles. The number of nitrogens with one attached hydrogen (secondary N) is 3. The summed E-state index contributed by atoms with van der Waals surface area (Å²) >= 11 is 1.96. The molecule has 0 aliphatic heterocycles. The summed E-state index contributed by atoms with van der Waals surface area (Å²) in [6.07, 6.45) is -9.48. The number of hydrogen-bond donors (Lipinski definition) is 8. The minimum Gasteiger partial charge on any atom is -0.458 e. The van der Waals surface area contributed by atoms with Crippen LogP contribution in [0.25, 0.3) is 0 Å². The van der Waals surface area contributed by atoms with E-state index in [4.69, 9.17) is 58.0 Å². The number of amides is 3. The third kappa shape index (κ3) is 49.6. The first-order valence-corrected chi connectivity index (χ1v) is 36.3. The molecule has 0 aromatic heterocycles. The Morgan fingerprint density at radius 2 is 0.921 bits per heavy atom. The van der Waals surface area contributed by atoms with Gasteiger partial charge in [0.1, 0.15) is 32.1 Å². The number of alkyl carbamates (subject to hydrolysis) is 3. The fourth-order valence-electron chi connectivity index (χ4n) is 5.03. The molecule has 0 aliphatic rings. The summed E-state index contributed by atoms with van der Waals surface area (Å²) in [4.78, 5) is 108. The standard InChI is InChI=1S/C17H28N2O14P2.C12H24N2O7P2.C9H22O5P2.CH3I/c1-10(2)14(20)30-5-12(6-31-15(21)11(3)4)32-16(22)18-9-19-17(23)33-13(7-34(24,25)26)8-35(27,28)29;1-5-19-23(18,20-6-2)8-11(7-22(3,4)17)21-12(16)14-9-13-10-15;1-5-13-16(12,14-6-2)8-9(10)7-15(3,4)11;1-2/h12-13H,1,3,5-9H2,2,4H3,(H,18,22)(H,19,23)(H2,24,25,26)(H2,27,28,29);11H,5-9H2,1-4H3,(H,14,16);9-10H,5-8H2,1-4H3;1H3/i;;;1D. The van der Waals surface area contributed by atoms with E-state index in [1.165, 1.54) is 33.3 Å². The van der Waals surface area contributed by atoms with Crippen LogP contribution in [0.4, 0.5) is 14.4 Å². The molecule has 2 atom stereocenters. The van der Waals surface area contributed by atoms with Crippen LogP contribution in [-0.2, 0) is 83.6 Å². The Morgan fingerprint density at radius 3 is 1.24 bits per heavy atom. The first-order chi connectivity index (χ1) is 35.2. The topological polar surface area (TPSA) is 438 Å². The fraction of sp³-hybridized carbons (Fsp3) is 0.744. The average molecular weight is 1330 g/mol. The van der Waals surface area contributed by atoms with Gasteiger partial charge in [0.2, 0.25) is 6.08 Å². The van der Waals surface area contributed by atoms with E-state index in [0.29, 0.717) is 4.91 Å². The highest BCUT2D eigenvalue weighted by Crippen LogP contribution is 2.51. The molecule has 37 heteroatoms. The Hall–Kier alpha value is -2.64. The summed E-state index contributed by atoms with van der Waals surface area (Å²) in [6, 6.07) is 0. The van der Waals surface area contributed by atoms with Crippen LogP contribution in [-0.4, -0.2) is 207 Å². The average Bonchev–Trinajstić information content (AvgIpc) is 3.22. The van der Waals surface area contributed by atoms with Crippen LogP contribution in [0.5, 0.6) is 0 Å². The van der Waals surface area contributed by atoms with Gasteiger partial charge >= 0.3 is 60.6 Å². The third-order valence-corrected chi connectivity index (χ3v) is 16.2. The van der Waals surface area contributed by atoms with E-state index >= 15 is 0 Å². The van der Waals surface area contributed by atoms with Crippen LogP contribution >= 0.6 is 67.3 Å². The van der Waals surface area contributed by atoms with Crippen molar-refractivity contribution in [3.63, 3.8) is 0 Å². The molecule has 446 valence electrons. The monoisotopic (exact) mass is 1330 g/mol. The maximum absolute atomic E-state index is 12.5. The smallest absolute Gasteiger partial charge is 0.409 e. The van der Waals surface area contributed by atoms with Gasteiger partial charge in [-0.2, -0.15) is 4.99 Å². The summed E-state index contributed by atoms with van der Waals surface area (Å²) in [5, 5.41) is 15.9. The van der Waals surface area contributed by atoms with Gasteiger partial charge in [0.25, 0.3) is 0 Å². The number of nitrogens with zero attached hydrogens (tertiary/aromatic N) is 1. The Labute approximate surface area is 458 Å². The van der Waals surface area contributed by atoms with Gasteiger partial charge in [0.15, 0.2) is 6.10 Å². The van der Waals surface area contributed by atoms with E-state index in [1.54, 1.807) is 41.0 Å². The van der Waals surface area contributed by atoms with Gasteiger partial charge in [-0.25, -0.2) is 28.8 Å². The van der Waals surface area contributed by atoms with Crippen LogP contribution in [0.3, 0.4) is 0 Å². The zero-order chi connectivity index (χ0) is 60.9. The van der Waals surface area contributed by atoms with Crippen LogP contribution in [0.15, 0.2) is 29.3 Å². The molecule has 0 bridgehead atoms. The number of halogens is 1. The number of carbonyl (C=O) groups is 5. The molecule has 0 rings (SSSR count). The largest absolute Gasteiger partial charge is 0.458 e.